The topological polar surface area (TPSA) is 84.9 Å². The first-order valence-electron chi connectivity index (χ1n) is 9.21. The summed E-state index contributed by atoms with van der Waals surface area (Å²) in [5.74, 6) is -0.623. The van der Waals surface area contributed by atoms with E-state index in [4.69, 9.17) is 9.47 Å². The lowest BCUT2D eigenvalue weighted by atomic mass is 9.97. The third kappa shape index (κ3) is 7.31. The van der Waals surface area contributed by atoms with Crippen molar-refractivity contribution in [2.75, 3.05) is 6.54 Å². The Labute approximate surface area is 162 Å². The predicted octanol–water partition coefficient (Wildman–Crippen LogP) is 3.62. The van der Waals surface area contributed by atoms with Crippen molar-refractivity contribution in [2.24, 2.45) is 10.8 Å². The van der Waals surface area contributed by atoms with Crippen LogP contribution >= 0.6 is 0 Å². The largest absolute Gasteiger partial charge is 0.422 e. The van der Waals surface area contributed by atoms with E-state index >= 15 is 0 Å². The highest BCUT2D eigenvalue weighted by Crippen LogP contribution is 2.34. The van der Waals surface area contributed by atoms with Crippen molar-refractivity contribution in [3.8, 4) is 11.5 Å². The lowest BCUT2D eigenvalue weighted by Crippen LogP contribution is -2.29. The number of aliphatic hydroxyl groups is 1. The molecule has 2 N–H and O–H groups in total. The van der Waals surface area contributed by atoms with E-state index in [0.717, 1.165) is 0 Å². The molecule has 152 valence electrons. The number of benzene rings is 1. The number of carbonyl (C=O) groups excluding carboxylic acids is 2. The molecule has 1 atom stereocenters. The van der Waals surface area contributed by atoms with Gasteiger partial charge in [0.2, 0.25) is 0 Å². The fraction of sp³-hybridized carbons (Fsp3) is 0.619. The van der Waals surface area contributed by atoms with Gasteiger partial charge in [0.25, 0.3) is 0 Å². The van der Waals surface area contributed by atoms with Crippen LogP contribution in [0.25, 0.3) is 0 Å². The van der Waals surface area contributed by atoms with Crippen molar-refractivity contribution in [1.82, 2.24) is 5.32 Å². The van der Waals surface area contributed by atoms with Gasteiger partial charge in [0.05, 0.1) is 16.9 Å². The molecule has 0 aliphatic carbocycles. The second-order valence-corrected chi connectivity index (χ2v) is 9.06. The molecule has 27 heavy (non-hydrogen) atoms. The van der Waals surface area contributed by atoms with Crippen LogP contribution in [0.2, 0.25) is 0 Å². The molecule has 1 unspecified atom stereocenters. The molecule has 1 aromatic carbocycles. The van der Waals surface area contributed by atoms with Gasteiger partial charge in [-0.05, 0) is 59.2 Å². The van der Waals surface area contributed by atoms with Gasteiger partial charge in [0.15, 0.2) is 11.5 Å². The summed E-state index contributed by atoms with van der Waals surface area (Å²) in [5.41, 5.74) is -0.862. The maximum Gasteiger partial charge on any atom is 0.316 e. The lowest BCUT2D eigenvalue weighted by Gasteiger charge is -2.21. The number of ether oxygens (including phenoxy) is 2. The summed E-state index contributed by atoms with van der Waals surface area (Å²) in [6.07, 6.45) is -0.785. The first-order valence-corrected chi connectivity index (χ1v) is 9.21. The van der Waals surface area contributed by atoms with Gasteiger partial charge in [-0.3, -0.25) is 9.59 Å². The zero-order valence-corrected chi connectivity index (χ0v) is 17.7. The molecule has 0 fully saturated rings. The van der Waals surface area contributed by atoms with Crippen LogP contribution in [0.4, 0.5) is 0 Å². The highest BCUT2D eigenvalue weighted by molar-refractivity contribution is 5.81. The second kappa shape index (κ2) is 8.85. The van der Waals surface area contributed by atoms with Gasteiger partial charge in [0.1, 0.15) is 0 Å². The highest BCUT2D eigenvalue weighted by Gasteiger charge is 2.28. The van der Waals surface area contributed by atoms with E-state index in [0.29, 0.717) is 12.1 Å². The van der Waals surface area contributed by atoms with Crippen molar-refractivity contribution in [3.05, 3.63) is 23.8 Å². The minimum atomic E-state index is -0.785. The van der Waals surface area contributed by atoms with Crippen molar-refractivity contribution in [3.63, 3.8) is 0 Å². The third-order valence-corrected chi connectivity index (χ3v) is 3.70. The molecule has 0 aromatic heterocycles. The zero-order chi connectivity index (χ0) is 21.0. The molecule has 0 heterocycles. The van der Waals surface area contributed by atoms with Crippen LogP contribution in [0.15, 0.2) is 18.2 Å². The summed E-state index contributed by atoms with van der Waals surface area (Å²) in [6, 6.07) is 4.97. The monoisotopic (exact) mass is 379 g/mol. The number of hydrogen-bond donors (Lipinski definition) is 2. The number of esters is 2. The van der Waals surface area contributed by atoms with Gasteiger partial charge >= 0.3 is 11.9 Å². The fourth-order valence-electron chi connectivity index (χ4n) is 1.87. The van der Waals surface area contributed by atoms with Crippen LogP contribution in [-0.4, -0.2) is 29.6 Å². The Morgan fingerprint density at radius 2 is 1.44 bits per heavy atom. The molecule has 0 aliphatic rings. The Balaban J connectivity index is 3.18. The van der Waals surface area contributed by atoms with E-state index in [1.54, 1.807) is 59.7 Å². The Kier molecular flexibility index (Phi) is 7.57. The van der Waals surface area contributed by atoms with E-state index < -0.39 is 28.9 Å². The van der Waals surface area contributed by atoms with Gasteiger partial charge in [-0.25, -0.2) is 0 Å². The number of hydrogen-bond acceptors (Lipinski definition) is 6. The highest BCUT2D eigenvalue weighted by atomic mass is 16.6. The SMILES string of the molecule is CC(C)NCC(O)c1ccc(OC(=O)C(C)(C)C)c(OC(=O)C(C)(C)C)c1. The average Bonchev–Trinajstić information content (AvgIpc) is 2.52. The number of aliphatic hydroxyl groups excluding tert-OH is 1. The molecule has 1 aromatic rings. The molecule has 0 bridgehead atoms. The van der Waals surface area contributed by atoms with Crippen molar-refractivity contribution < 1.29 is 24.2 Å². The fourth-order valence-corrected chi connectivity index (χ4v) is 1.87. The summed E-state index contributed by atoms with van der Waals surface area (Å²) in [6.45, 7) is 14.8. The Bertz CT molecular complexity index is 668. The van der Waals surface area contributed by atoms with Crippen LogP contribution in [-0.2, 0) is 9.59 Å². The summed E-state index contributed by atoms with van der Waals surface area (Å²) in [4.78, 5) is 24.6. The maximum absolute atomic E-state index is 12.3. The molecule has 0 aliphatic heterocycles. The minimum Gasteiger partial charge on any atom is -0.422 e. The quantitative estimate of drug-likeness (QED) is 0.580. The molecule has 6 heteroatoms. The summed E-state index contributed by atoms with van der Waals surface area (Å²) in [7, 11) is 0. The van der Waals surface area contributed by atoms with Crippen LogP contribution < -0.4 is 14.8 Å². The Morgan fingerprint density at radius 3 is 1.89 bits per heavy atom. The van der Waals surface area contributed by atoms with E-state index in [1.807, 2.05) is 13.8 Å². The molecular weight excluding hydrogens is 346 g/mol. The Hall–Kier alpha value is -1.92. The van der Waals surface area contributed by atoms with E-state index in [1.165, 1.54) is 0 Å². The first-order chi connectivity index (χ1) is 12.2. The molecule has 0 saturated heterocycles. The molecular formula is C21H33NO5. The number of carbonyl (C=O) groups is 2. The Morgan fingerprint density at radius 1 is 0.963 bits per heavy atom. The van der Waals surface area contributed by atoms with Gasteiger partial charge in [0, 0.05) is 12.6 Å². The number of rotatable bonds is 6. The molecule has 1 rings (SSSR count). The maximum atomic E-state index is 12.3. The van der Waals surface area contributed by atoms with E-state index in [-0.39, 0.29) is 17.5 Å². The molecule has 0 saturated carbocycles. The summed E-state index contributed by atoms with van der Waals surface area (Å²) in [5, 5.41) is 13.5. The molecule has 0 amide bonds. The van der Waals surface area contributed by atoms with Crippen molar-refractivity contribution in [1.29, 1.82) is 0 Å². The van der Waals surface area contributed by atoms with Crippen LogP contribution in [0.3, 0.4) is 0 Å². The van der Waals surface area contributed by atoms with E-state index in [9.17, 15) is 14.7 Å². The summed E-state index contributed by atoms with van der Waals surface area (Å²) < 4.78 is 10.9. The molecule has 6 nitrogen and oxygen atoms in total. The standard InChI is InChI=1S/C21H33NO5/c1-13(2)22-12-15(23)14-9-10-16(26-18(24)20(3,4)5)17(11-14)27-19(25)21(6,7)8/h9-11,13,15,22-23H,12H2,1-8H3. The van der Waals surface area contributed by atoms with Gasteiger partial charge < -0.3 is 19.9 Å². The van der Waals surface area contributed by atoms with Gasteiger partial charge in [-0.1, -0.05) is 19.9 Å². The third-order valence-electron chi connectivity index (χ3n) is 3.70. The smallest absolute Gasteiger partial charge is 0.316 e. The summed E-state index contributed by atoms with van der Waals surface area (Å²) >= 11 is 0. The van der Waals surface area contributed by atoms with Crippen LogP contribution in [0.1, 0.15) is 67.1 Å². The van der Waals surface area contributed by atoms with Gasteiger partial charge in [-0.15, -0.1) is 0 Å². The zero-order valence-electron chi connectivity index (χ0n) is 17.7. The van der Waals surface area contributed by atoms with Crippen molar-refractivity contribution >= 4 is 11.9 Å². The van der Waals surface area contributed by atoms with Gasteiger partial charge in [-0.2, -0.15) is 0 Å². The van der Waals surface area contributed by atoms with Crippen LogP contribution in [0.5, 0.6) is 11.5 Å². The molecule has 0 radical (unpaired) electrons. The lowest BCUT2D eigenvalue weighted by molar-refractivity contribution is -0.145. The van der Waals surface area contributed by atoms with E-state index in [2.05, 4.69) is 5.32 Å². The molecule has 0 spiro atoms. The minimum absolute atomic E-state index is 0.119. The first kappa shape index (κ1) is 23.1. The van der Waals surface area contributed by atoms with Crippen LogP contribution in [0, 0.1) is 10.8 Å². The second-order valence-electron chi connectivity index (χ2n) is 9.06. The van der Waals surface area contributed by atoms with Crippen molar-refractivity contribution in [2.45, 2.75) is 67.5 Å². The predicted molar refractivity (Wildman–Crippen MR) is 105 cm³/mol. The average molecular weight is 379 g/mol. The number of nitrogens with one attached hydrogen (secondary N) is 1. The normalized spacial score (nSPS) is 13.4.